The Kier molecular flexibility index (Phi) is 3.38. The van der Waals surface area contributed by atoms with E-state index in [2.05, 4.69) is 15.4 Å². The first kappa shape index (κ1) is 12.3. The lowest BCUT2D eigenvalue weighted by Crippen LogP contribution is -2.13. The Bertz CT molecular complexity index is 576. The van der Waals surface area contributed by atoms with E-state index in [1.54, 1.807) is 29.2 Å². The second kappa shape index (κ2) is 4.97. The highest BCUT2D eigenvalue weighted by molar-refractivity contribution is 6.04. The number of carbonyl (C=O) groups excluding carboxylic acids is 1. The topological polar surface area (TPSA) is 85.8 Å². The molecule has 0 bridgehead atoms. The van der Waals surface area contributed by atoms with Crippen LogP contribution in [0.2, 0.25) is 0 Å². The highest BCUT2D eigenvalue weighted by Gasteiger charge is 2.10. The van der Waals surface area contributed by atoms with Gasteiger partial charge in [0.05, 0.1) is 17.1 Å². The van der Waals surface area contributed by atoms with E-state index in [-0.39, 0.29) is 5.91 Å². The lowest BCUT2D eigenvalue weighted by molar-refractivity contribution is 0.102. The van der Waals surface area contributed by atoms with Gasteiger partial charge < -0.3 is 11.1 Å². The van der Waals surface area contributed by atoms with Crippen LogP contribution in [-0.2, 0) is 13.6 Å². The molecule has 0 saturated heterocycles. The van der Waals surface area contributed by atoms with Crippen molar-refractivity contribution in [1.82, 2.24) is 14.8 Å². The number of pyridine rings is 1. The molecule has 1 amide bonds. The third kappa shape index (κ3) is 2.54. The van der Waals surface area contributed by atoms with Crippen molar-refractivity contribution in [3.63, 3.8) is 0 Å². The van der Waals surface area contributed by atoms with Gasteiger partial charge in [-0.1, -0.05) is 0 Å². The lowest BCUT2D eigenvalue weighted by Gasteiger charge is -2.04. The average molecular weight is 245 g/mol. The number of nitrogens with two attached hydrogens (primary N) is 1. The summed E-state index contributed by atoms with van der Waals surface area (Å²) in [5, 5.41) is 6.97. The molecule has 0 aliphatic rings. The van der Waals surface area contributed by atoms with Gasteiger partial charge in [-0.15, -0.1) is 0 Å². The molecule has 0 spiro atoms. The molecule has 0 aromatic carbocycles. The quantitative estimate of drug-likeness (QED) is 0.838. The van der Waals surface area contributed by atoms with Gasteiger partial charge in [-0.2, -0.15) is 5.10 Å². The number of amides is 1. The lowest BCUT2D eigenvalue weighted by atomic mass is 10.2. The Labute approximate surface area is 105 Å². The van der Waals surface area contributed by atoms with Gasteiger partial charge in [0.2, 0.25) is 0 Å². The third-order valence-electron chi connectivity index (χ3n) is 2.55. The zero-order valence-corrected chi connectivity index (χ0v) is 10.3. The molecule has 0 fully saturated rings. The fourth-order valence-corrected chi connectivity index (χ4v) is 1.65. The van der Waals surface area contributed by atoms with Crippen LogP contribution in [-0.4, -0.2) is 20.7 Å². The maximum atomic E-state index is 12.0. The molecule has 3 N–H and O–H groups in total. The molecule has 0 radical (unpaired) electrons. The second-order valence-electron chi connectivity index (χ2n) is 4.00. The minimum Gasteiger partial charge on any atom is -0.325 e. The second-order valence-corrected chi connectivity index (χ2v) is 4.00. The Morgan fingerprint density at radius 1 is 1.56 bits per heavy atom. The number of anilines is 1. The summed E-state index contributed by atoms with van der Waals surface area (Å²) in [4.78, 5) is 16.1. The molecule has 0 aliphatic carbocycles. The molecule has 0 unspecified atom stereocenters. The van der Waals surface area contributed by atoms with Gasteiger partial charge in [-0.3, -0.25) is 14.5 Å². The molecule has 2 aromatic heterocycles. The van der Waals surface area contributed by atoms with Crippen molar-refractivity contribution in [2.45, 2.75) is 13.5 Å². The Balaban J connectivity index is 2.19. The van der Waals surface area contributed by atoms with Crippen molar-refractivity contribution in [2.75, 3.05) is 5.32 Å². The largest absolute Gasteiger partial charge is 0.325 e. The van der Waals surface area contributed by atoms with Gasteiger partial charge in [0.15, 0.2) is 0 Å². The summed E-state index contributed by atoms with van der Waals surface area (Å²) >= 11 is 0. The molecular formula is C12H15N5O. The Morgan fingerprint density at radius 2 is 2.33 bits per heavy atom. The summed E-state index contributed by atoms with van der Waals surface area (Å²) in [6, 6.07) is 3.33. The summed E-state index contributed by atoms with van der Waals surface area (Å²) < 4.78 is 1.66. The van der Waals surface area contributed by atoms with Crippen molar-refractivity contribution >= 4 is 11.6 Å². The van der Waals surface area contributed by atoms with Crippen LogP contribution >= 0.6 is 0 Å². The van der Waals surface area contributed by atoms with Gasteiger partial charge in [0.1, 0.15) is 0 Å². The predicted molar refractivity (Wildman–Crippen MR) is 68.0 cm³/mol. The van der Waals surface area contributed by atoms with Crippen LogP contribution in [0.5, 0.6) is 0 Å². The fraction of sp³-hybridized carbons (Fsp3) is 0.250. The van der Waals surface area contributed by atoms with E-state index in [9.17, 15) is 4.79 Å². The van der Waals surface area contributed by atoms with Gasteiger partial charge in [-0.05, 0) is 19.1 Å². The first-order chi connectivity index (χ1) is 8.60. The third-order valence-corrected chi connectivity index (χ3v) is 2.55. The minimum atomic E-state index is -0.191. The maximum Gasteiger partial charge on any atom is 0.255 e. The van der Waals surface area contributed by atoms with E-state index in [1.165, 1.54) is 0 Å². The van der Waals surface area contributed by atoms with Crippen molar-refractivity contribution in [3.05, 3.63) is 41.5 Å². The summed E-state index contributed by atoms with van der Waals surface area (Å²) in [5.41, 5.74) is 8.19. The van der Waals surface area contributed by atoms with Crippen molar-refractivity contribution in [3.8, 4) is 0 Å². The standard InChI is InChI=1S/C12H15N5O/c1-8-11(7-17(2)16-8)15-12(18)9-3-4-14-10(5-9)6-13/h3-5,7H,6,13H2,1-2H3,(H,15,18). The molecular weight excluding hydrogens is 230 g/mol. The number of rotatable bonds is 3. The fourth-order valence-electron chi connectivity index (χ4n) is 1.65. The number of aryl methyl sites for hydroxylation is 2. The first-order valence-electron chi connectivity index (χ1n) is 5.56. The van der Waals surface area contributed by atoms with E-state index in [1.807, 2.05) is 14.0 Å². The van der Waals surface area contributed by atoms with Crippen LogP contribution in [0.15, 0.2) is 24.5 Å². The molecule has 0 atom stereocenters. The first-order valence-corrected chi connectivity index (χ1v) is 5.56. The molecule has 94 valence electrons. The molecule has 18 heavy (non-hydrogen) atoms. The monoisotopic (exact) mass is 245 g/mol. The molecule has 2 heterocycles. The molecule has 2 rings (SSSR count). The van der Waals surface area contributed by atoms with Crippen LogP contribution in [0.25, 0.3) is 0 Å². The number of nitrogens with one attached hydrogen (secondary N) is 1. The molecule has 6 nitrogen and oxygen atoms in total. The van der Waals surface area contributed by atoms with Crippen LogP contribution in [0, 0.1) is 6.92 Å². The van der Waals surface area contributed by atoms with Crippen LogP contribution in [0.3, 0.4) is 0 Å². The van der Waals surface area contributed by atoms with Gasteiger partial charge >= 0.3 is 0 Å². The van der Waals surface area contributed by atoms with Crippen LogP contribution in [0.4, 0.5) is 5.69 Å². The summed E-state index contributed by atoms with van der Waals surface area (Å²) in [7, 11) is 1.81. The molecule has 0 aliphatic heterocycles. The number of hydrogen-bond acceptors (Lipinski definition) is 4. The zero-order valence-electron chi connectivity index (χ0n) is 10.3. The number of hydrogen-bond donors (Lipinski definition) is 2. The summed E-state index contributed by atoms with van der Waals surface area (Å²) in [6.07, 6.45) is 3.34. The predicted octanol–water partition coefficient (Wildman–Crippen LogP) is 0.835. The van der Waals surface area contributed by atoms with Crippen molar-refractivity contribution < 1.29 is 4.79 Å². The number of nitrogens with zero attached hydrogens (tertiary/aromatic N) is 3. The normalized spacial score (nSPS) is 10.4. The maximum absolute atomic E-state index is 12.0. The van der Waals surface area contributed by atoms with Crippen molar-refractivity contribution in [2.24, 2.45) is 12.8 Å². The van der Waals surface area contributed by atoms with Crippen LogP contribution in [0.1, 0.15) is 21.7 Å². The minimum absolute atomic E-state index is 0.191. The summed E-state index contributed by atoms with van der Waals surface area (Å²) in [6.45, 7) is 2.15. The van der Waals surface area contributed by atoms with Gasteiger partial charge in [0, 0.05) is 31.5 Å². The average Bonchev–Trinajstić information content (AvgIpc) is 2.68. The van der Waals surface area contributed by atoms with E-state index in [0.29, 0.717) is 23.5 Å². The Morgan fingerprint density at radius 3 is 2.94 bits per heavy atom. The highest BCUT2D eigenvalue weighted by Crippen LogP contribution is 2.13. The zero-order chi connectivity index (χ0) is 13.1. The smallest absolute Gasteiger partial charge is 0.255 e. The van der Waals surface area contributed by atoms with Crippen molar-refractivity contribution in [1.29, 1.82) is 0 Å². The number of aromatic nitrogens is 3. The number of carbonyl (C=O) groups is 1. The van der Waals surface area contributed by atoms with Crippen LogP contribution < -0.4 is 11.1 Å². The highest BCUT2D eigenvalue weighted by atomic mass is 16.1. The van der Waals surface area contributed by atoms with E-state index in [0.717, 1.165) is 5.69 Å². The molecule has 6 heteroatoms. The Hall–Kier alpha value is -2.21. The van der Waals surface area contributed by atoms with Gasteiger partial charge in [0.25, 0.3) is 5.91 Å². The molecule has 0 saturated carbocycles. The molecule has 2 aromatic rings. The van der Waals surface area contributed by atoms with E-state index < -0.39 is 0 Å². The van der Waals surface area contributed by atoms with E-state index >= 15 is 0 Å². The van der Waals surface area contributed by atoms with E-state index in [4.69, 9.17) is 5.73 Å². The van der Waals surface area contributed by atoms with Gasteiger partial charge in [-0.25, -0.2) is 0 Å². The summed E-state index contributed by atoms with van der Waals surface area (Å²) in [5.74, 6) is -0.191. The SMILES string of the molecule is Cc1nn(C)cc1NC(=O)c1ccnc(CN)c1.